The molecule has 0 atom stereocenters. The summed E-state index contributed by atoms with van der Waals surface area (Å²) >= 11 is 0. The zero-order valence-corrected chi connectivity index (χ0v) is 9.36. The molecule has 0 aromatic carbocycles. The van der Waals surface area contributed by atoms with Crippen molar-refractivity contribution in [2.75, 3.05) is 6.54 Å². The minimum absolute atomic E-state index is 0. The molecule has 0 heterocycles. The second kappa shape index (κ2) is 16.0. The van der Waals surface area contributed by atoms with Gasteiger partial charge < -0.3 is 5.73 Å². The van der Waals surface area contributed by atoms with Crippen LogP contribution in [0.15, 0.2) is 0 Å². The molecule has 0 saturated heterocycles. The summed E-state index contributed by atoms with van der Waals surface area (Å²) in [6.45, 7) is 3.14. The Morgan fingerprint density at radius 1 is 0.643 bits per heavy atom. The van der Waals surface area contributed by atoms with Crippen molar-refractivity contribution in [1.82, 2.24) is 0 Å². The Labute approximate surface area is 102 Å². The first-order valence-electron chi connectivity index (χ1n) is 6.12. The van der Waals surface area contributed by atoms with Crippen LogP contribution < -0.4 is 5.73 Å². The molecule has 0 spiro atoms. The van der Waals surface area contributed by atoms with Gasteiger partial charge in [0, 0.05) is 0 Å². The Kier molecular flexibility index (Phi) is 19.4. The summed E-state index contributed by atoms with van der Waals surface area (Å²) in [6, 6.07) is 0. The van der Waals surface area contributed by atoms with Gasteiger partial charge in [-0.25, -0.2) is 0 Å². The standard InChI is InChI=1S/C12H27N.Li.H/c1-2-3-4-5-6-7-8-9-10-11-12-13;;/h2-13H2,1H3;;. The van der Waals surface area contributed by atoms with E-state index >= 15 is 0 Å². The summed E-state index contributed by atoms with van der Waals surface area (Å²) in [5.41, 5.74) is 5.42. The van der Waals surface area contributed by atoms with Crippen molar-refractivity contribution in [2.24, 2.45) is 5.73 Å². The molecule has 0 aromatic heterocycles. The van der Waals surface area contributed by atoms with Gasteiger partial charge in [0.1, 0.15) is 0 Å². The van der Waals surface area contributed by atoms with Crippen molar-refractivity contribution in [1.29, 1.82) is 0 Å². The summed E-state index contributed by atoms with van der Waals surface area (Å²) in [6.07, 6.45) is 13.9. The fraction of sp³-hybridized carbons (Fsp3) is 1.00. The van der Waals surface area contributed by atoms with E-state index in [4.69, 9.17) is 5.73 Å². The molecule has 1 nitrogen and oxygen atoms in total. The molecular weight excluding hydrogens is 165 g/mol. The quantitative estimate of drug-likeness (QED) is 0.418. The van der Waals surface area contributed by atoms with Crippen LogP contribution in [0.25, 0.3) is 0 Å². The first-order chi connectivity index (χ1) is 6.41. The molecule has 0 amide bonds. The van der Waals surface area contributed by atoms with Crippen LogP contribution in [0.5, 0.6) is 0 Å². The third kappa shape index (κ3) is 15.0. The molecule has 0 saturated carbocycles. The van der Waals surface area contributed by atoms with Crippen molar-refractivity contribution < 1.29 is 0 Å². The van der Waals surface area contributed by atoms with Crippen LogP contribution in [-0.4, -0.2) is 25.4 Å². The van der Waals surface area contributed by atoms with Gasteiger partial charge >= 0.3 is 18.9 Å². The molecule has 2 N–H and O–H groups in total. The molecule has 0 aliphatic heterocycles. The van der Waals surface area contributed by atoms with E-state index in [1.807, 2.05) is 0 Å². The summed E-state index contributed by atoms with van der Waals surface area (Å²) < 4.78 is 0. The van der Waals surface area contributed by atoms with Crippen LogP contribution in [0.1, 0.15) is 71.1 Å². The Bertz CT molecular complexity index is 76.4. The first-order valence-corrected chi connectivity index (χ1v) is 6.12. The normalized spacial score (nSPS) is 9.86. The van der Waals surface area contributed by atoms with Gasteiger partial charge in [-0.3, -0.25) is 0 Å². The number of nitrogens with two attached hydrogens (primary N) is 1. The molecule has 82 valence electrons. The second-order valence-corrected chi connectivity index (χ2v) is 3.97. The third-order valence-electron chi connectivity index (χ3n) is 2.56. The average molecular weight is 193 g/mol. The molecule has 0 unspecified atom stereocenters. The van der Waals surface area contributed by atoms with Crippen molar-refractivity contribution in [3.63, 3.8) is 0 Å². The molecule has 0 fully saturated rings. The first kappa shape index (κ1) is 17.0. The van der Waals surface area contributed by atoms with Crippen molar-refractivity contribution in [3.05, 3.63) is 0 Å². The molecule has 0 aliphatic rings. The Balaban J connectivity index is 0. The predicted octanol–water partition coefficient (Wildman–Crippen LogP) is 3.22. The topological polar surface area (TPSA) is 26.0 Å². The van der Waals surface area contributed by atoms with E-state index in [0.29, 0.717) is 0 Å². The van der Waals surface area contributed by atoms with Crippen molar-refractivity contribution in [3.8, 4) is 0 Å². The summed E-state index contributed by atoms with van der Waals surface area (Å²) in [5.74, 6) is 0. The van der Waals surface area contributed by atoms with Crippen LogP contribution in [0.4, 0.5) is 0 Å². The van der Waals surface area contributed by atoms with E-state index in [9.17, 15) is 0 Å². The summed E-state index contributed by atoms with van der Waals surface area (Å²) in [4.78, 5) is 0. The number of hydrogen-bond donors (Lipinski definition) is 1. The molecule has 2 heteroatoms. The van der Waals surface area contributed by atoms with E-state index in [1.54, 1.807) is 0 Å². The fourth-order valence-electron chi connectivity index (χ4n) is 1.63. The summed E-state index contributed by atoms with van der Waals surface area (Å²) in [5, 5.41) is 0. The van der Waals surface area contributed by atoms with Gasteiger partial charge in [-0.1, -0.05) is 64.7 Å². The number of rotatable bonds is 10. The molecular formula is C12H28LiN. The Morgan fingerprint density at radius 3 is 1.36 bits per heavy atom. The van der Waals surface area contributed by atoms with Crippen molar-refractivity contribution >= 4 is 18.9 Å². The number of unbranched alkanes of at least 4 members (excludes halogenated alkanes) is 9. The summed E-state index contributed by atoms with van der Waals surface area (Å²) in [7, 11) is 0. The second-order valence-electron chi connectivity index (χ2n) is 3.97. The van der Waals surface area contributed by atoms with Gasteiger partial charge in [-0.2, -0.15) is 0 Å². The SMILES string of the molecule is CCCCCCCCCCCCN.[LiH]. The Morgan fingerprint density at radius 2 is 1.00 bits per heavy atom. The third-order valence-corrected chi connectivity index (χ3v) is 2.56. The van der Waals surface area contributed by atoms with Crippen LogP contribution in [0, 0.1) is 0 Å². The molecule has 0 rings (SSSR count). The molecule has 0 aromatic rings. The van der Waals surface area contributed by atoms with Crippen LogP contribution in [0.2, 0.25) is 0 Å². The van der Waals surface area contributed by atoms with E-state index in [1.165, 1.54) is 64.2 Å². The monoisotopic (exact) mass is 193 g/mol. The fourth-order valence-corrected chi connectivity index (χ4v) is 1.63. The van der Waals surface area contributed by atoms with E-state index in [0.717, 1.165) is 6.54 Å². The zero-order valence-electron chi connectivity index (χ0n) is 9.36. The molecule has 0 aliphatic carbocycles. The Hall–Kier alpha value is 0.557. The van der Waals surface area contributed by atoms with Gasteiger partial charge in [0.15, 0.2) is 0 Å². The zero-order chi connectivity index (χ0) is 9.78. The van der Waals surface area contributed by atoms with Crippen molar-refractivity contribution in [2.45, 2.75) is 71.1 Å². The van der Waals surface area contributed by atoms with Crippen LogP contribution >= 0.6 is 0 Å². The average Bonchev–Trinajstić information content (AvgIpc) is 2.16. The number of hydrogen-bond acceptors (Lipinski definition) is 1. The van der Waals surface area contributed by atoms with Gasteiger partial charge in [-0.05, 0) is 13.0 Å². The van der Waals surface area contributed by atoms with Gasteiger partial charge in [-0.15, -0.1) is 0 Å². The van der Waals surface area contributed by atoms with E-state index in [2.05, 4.69) is 6.92 Å². The maximum atomic E-state index is 5.42. The predicted molar refractivity (Wildman–Crippen MR) is 68.0 cm³/mol. The molecule has 0 bridgehead atoms. The van der Waals surface area contributed by atoms with Crippen LogP contribution in [0.3, 0.4) is 0 Å². The molecule has 14 heavy (non-hydrogen) atoms. The maximum absolute atomic E-state index is 5.42. The van der Waals surface area contributed by atoms with Crippen LogP contribution in [-0.2, 0) is 0 Å². The van der Waals surface area contributed by atoms with Gasteiger partial charge in [0.2, 0.25) is 0 Å². The van der Waals surface area contributed by atoms with E-state index < -0.39 is 0 Å². The van der Waals surface area contributed by atoms with E-state index in [-0.39, 0.29) is 18.9 Å². The van der Waals surface area contributed by atoms with Gasteiger partial charge in [0.25, 0.3) is 0 Å². The van der Waals surface area contributed by atoms with Gasteiger partial charge in [0.05, 0.1) is 0 Å². The molecule has 0 radical (unpaired) electrons. The minimum atomic E-state index is 0.